The highest BCUT2D eigenvalue weighted by Gasteiger charge is 2.06. The molecule has 0 aliphatic heterocycles. The van der Waals surface area contributed by atoms with Crippen molar-refractivity contribution in [3.63, 3.8) is 0 Å². The van der Waals surface area contributed by atoms with Gasteiger partial charge >= 0.3 is 0 Å². The van der Waals surface area contributed by atoms with E-state index in [0.717, 1.165) is 11.3 Å². The van der Waals surface area contributed by atoms with Gasteiger partial charge < -0.3 is 0 Å². The zero-order chi connectivity index (χ0) is 12.2. The second-order valence-electron chi connectivity index (χ2n) is 3.84. The lowest BCUT2D eigenvalue weighted by atomic mass is 10.2. The fraction of sp³-hybridized carbons (Fsp3) is 0.0769. The summed E-state index contributed by atoms with van der Waals surface area (Å²) in [6.07, 6.45) is 1.72. The van der Waals surface area contributed by atoms with Gasteiger partial charge in [-0.2, -0.15) is 4.80 Å². The summed E-state index contributed by atoms with van der Waals surface area (Å²) in [4.78, 5) is 5.76. The van der Waals surface area contributed by atoms with E-state index in [4.69, 9.17) is 0 Å². The molecule has 0 saturated heterocycles. The SMILES string of the molecule is c1ccc(Cn2nnc(-c3ccccn3)n2)cc1. The van der Waals surface area contributed by atoms with Crippen molar-refractivity contribution in [2.75, 3.05) is 0 Å². The molecule has 3 rings (SSSR count). The summed E-state index contributed by atoms with van der Waals surface area (Å²) < 4.78 is 0. The van der Waals surface area contributed by atoms with Crippen molar-refractivity contribution in [2.45, 2.75) is 6.54 Å². The molecule has 0 amide bonds. The first-order valence-electron chi connectivity index (χ1n) is 5.65. The van der Waals surface area contributed by atoms with Crippen molar-refractivity contribution < 1.29 is 0 Å². The van der Waals surface area contributed by atoms with Gasteiger partial charge in [0.25, 0.3) is 0 Å². The Bertz CT molecular complexity index is 618. The van der Waals surface area contributed by atoms with Gasteiger partial charge in [-0.15, -0.1) is 10.2 Å². The Labute approximate surface area is 104 Å². The molecule has 88 valence electrons. The maximum Gasteiger partial charge on any atom is 0.223 e. The van der Waals surface area contributed by atoms with E-state index in [9.17, 15) is 0 Å². The molecule has 1 aromatic carbocycles. The van der Waals surface area contributed by atoms with Crippen LogP contribution in [0.2, 0.25) is 0 Å². The number of hydrogen-bond acceptors (Lipinski definition) is 4. The Kier molecular flexibility index (Phi) is 2.79. The first kappa shape index (κ1) is 10.6. The molecule has 0 saturated carbocycles. The molecule has 0 fully saturated rings. The van der Waals surface area contributed by atoms with Gasteiger partial charge in [-0.05, 0) is 22.9 Å². The molecule has 2 heterocycles. The third kappa shape index (κ3) is 2.24. The topological polar surface area (TPSA) is 56.5 Å². The van der Waals surface area contributed by atoms with Crippen molar-refractivity contribution in [3.8, 4) is 11.5 Å². The normalized spacial score (nSPS) is 10.4. The smallest absolute Gasteiger partial charge is 0.223 e. The number of rotatable bonds is 3. The number of pyridine rings is 1. The average Bonchev–Trinajstić information content (AvgIpc) is 2.89. The lowest BCUT2D eigenvalue weighted by Gasteiger charge is -1.97. The third-order valence-electron chi connectivity index (χ3n) is 2.51. The fourth-order valence-corrected chi connectivity index (χ4v) is 1.65. The van der Waals surface area contributed by atoms with Crippen LogP contribution in [0.1, 0.15) is 5.56 Å². The van der Waals surface area contributed by atoms with E-state index in [2.05, 4.69) is 20.4 Å². The molecular weight excluding hydrogens is 226 g/mol. The molecule has 0 aliphatic carbocycles. The van der Waals surface area contributed by atoms with E-state index >= 15 is 0 Å². The summed E-state index contributed by atoms with van der Waals surface area (Å²) >= 11 is 0. The monoisotopic (exact) mass is 237 g/mol. The van der Waals surface area contributed by atoms with E-state index in [1.54, 1.807) is 11.0 Å². The zero-order valence-electron chi connectivity index (χ0n) is 9.64. The van der Waals surface area contributed by atoms with E-state index in [1.807, 2.05) is 48.5 Å². The van der Waals surface area contributed by atoms with Crippen LogP contribution in [0.15, 0.2) is 54.7 Å². The predicted molar refractivity (Wildman–Crippen MR) is 66.6 cm³/mol. The summed E-state index contributed by atoms with van der Waals surface area (Å²) in [7, 11) is 0. The van der Waals surface area contributed by atoms with Crippen LogP contribution in [0.5, 0.6) is 0 Å². The van der Waals surface area contributed by atoms with Crippen molar-refractivity contribution in [3.05, 3.63) is 60.3 Å². The van der Waals surface area contributed by atoms with E-state index in [1.165, 1.54) is 0 Å². The van der Waals surface area contributed by atoms with Crippen molar-refractivity contribution >= 4 is 0 Å². The van der Waals surface area contributed by atoms with Gasteiger partial charge in [-0.25, -0.2) is 0 Å². The van der Waals surface area contributed by atoms with Gasteiger partial charge in [0.2, 0.25) is 5.82 Å². The molecule has 3 aromatic rings. The van der Waals surface area contributed by atoms with Gasteiger partial charge in [0.1, 0.15) is 5.69 Å². The predicted octanol–water partition coefficient (Wildman–Crippen LogP) is 1.78. The molecule has 0 radical (unpaired) electrons. The molecule has 5 heteroatoms. The van der Waals surface area contributed by atoms with Crippen LogP contribution in [-0.2, 0) is 6.54 Å². The minimum Gasteiger partial charge on any atom is -0.253 e. The van der Waals surface area contributed by atoms with Crippen LogP contribution < -0.4 is 0 Å². The van der Waals surface area contributed by atoms with Gasteiger partial charge in [0.15, 0.2) is 0 Å². The fourth-order valence-electron chi connectivity index (χ4n) is 1.65. The number of tetrazole rings is 1. The molecule has 2 aromatic heterocycles. The molecule has 0 spiro atoms. The number of hydrogen-bond donors (Lipinski definition) is 0. The molecule has 0 aliphatic rings. The van der Waals surface area contributed by atoms with Crippen LogP contribution in [-0.4, -0.2) is 25.2 Å². The Balaban J connectivity index is 1.82. The summed E-state index contributed by atoms with van der Waals surface area (Å²) in [5, 5.41) is 12.3. The van der Waals surface area contributed by atoms with Crippen LogP contribution >= 0.6 is 0 Å². The molecular formula is C13H11N5. The second-order valence-corrected chi connectivity index (χ2v) is 3.84. The quantitative estimate of drug-likeness (QED) is 0.696. The first-order valence-corrected chi connectivity index (χ1v) is 5.65. The average molecular weight is 237 g/mol. The Morgan fingerprint density at radius 3 is 2.56 bits per heavy atom. The van der Waals surface area contributed by atoms with Gasteiger partial charge in [0.05, 0.1) is 6.54 Å². The minimum absolute atomic E-state index is 0.548. The van der Waals surface area contributed by atoms with Crippen LogP contribution in [0, 0.1) is 0 Å². The molecule has 0 N–H and O–H groups in total. The molecule has 5 nitrogen and oxygen atoms in total. The maximum atomic E-state index is 4.31. The highest BCUT2D eigenvalue weighted by atomic mass is 15.6. The Morgan fingerprint density at radius 1 is 0.944 bits per heavy atom. The van der Waals surface area contributed by atoms with Crippen molar-refractivity contribution in [1.82, 2.24) is 25.2 Å². The second kappa shape index (κ2) is 4.75. The van der Waals surface area contributed by atoms with Crippen LogP contribution in [0.3, 0.4) is 0 Å². The summed E-state index contributed by atoms with van der Waals surface area (Å²) in [6.45, 7) is 0.612. The number of aromatic nitrogens is 5. The Morgan fingerprint density at radius 2 is 1.78 bits per heavy atom. The van der Waals surface area contributed by atoms with E-state index in [-0.39, 0.29) is 0 Å². The lowest BCUT2D eigenvalue weighted by Crippen LogP contribution is -2.03. The van der Waals surface area contributed by atoms with Gasteiger partial charge in [0, 0.05) is 6.20 Å². The summed E-state index contributed by atoms with van der Waals surface area (Å²) in [5.74, 6) is 0.548. The van der Waals surface area contributed by atoms with Crippen molar-refractivity contribution in [1.29, 1.82) is 0 Å². The van der Waals surface area contributed by atoms with E-state index in [0.29, 0.717) is 12.4 Å². The third-order valence-corrected chi connectivity index (χ3v) is 2.51. The minimum atomic E-state index is 0.548. The first-order chi connectivity index (χ1) is 8.92. The molecule has 0 unspecified atom stereocenters. The zero-order valence-corrected chi connectivity index (χ0v) is 9.64. The number of benzene rings is 1. The summed E-state index contributed by atoms with van der Waals surface area (Å²) in [5.41, 5.74) is 1.87. The largest absolute Gasteiger partial charge is 0.253 e. The standard InChI is InChI=1S/C13H11N5/c1-2-6-11(7-3-1)10-18-16-13(15-17-18)12-8-4-5-9-14-12/h1-9H,10H2. The molecule has 18 heavy (non-hydrogen) atoms. The molecule has 0 bridgehead atoms. The van der Waals surface area contributed by atoms with Gasteiger partial charge in [-0.1, -0.05) is 36.4 Å². The van der Waals surface area contributed by atoms with E-state index < -0.39 is 0 Å². The lowest BCUT2D eigenvalue weighted by molar-refractivity contribution is 0.573. The Hall–Kier alpha value is -2.56. The summed E-state index contributed by atoms with van der Waals surface area (Å²) in [6, 6.07) is 15.7. The van der Waals surface area contributed by atoms with Crippen molar-refractivity contribution in [2.24, 2.45) is 0 Å². The maximum absolute atomic E-state index is 4.31. The van der Waals surface area contributed by atoms with Crippen LogP contribution in [0.25, 0.3) is 11.5 Å². The highest BCUT2D eigenvalue weighted by Crippen LogP contribution is 2.08. The molecule has 0 atom stereocenters. The van der Waals surface area contributed by atoms with Gasteiger partial charge in [-0.3, -0.25) is 4.98 Å². The van der Waals surface area contributed by atoms with Crippen LogP contribution in [0.4, 0.5) is 0 Å². The number of nitrogens with zero attached hydrogens (tertiary/aromatic N) is 5. The highest BCUT2D eigenvalue weighted by molar-refractivity contribution is 5.46.